The molecule has 0 spiro atoms. The number of benzene rings is 1. The summed E-state index contributed by atoms with van der Waals surface area (Å²) in [7, 11) is 1.62. The summed E-state index contributed by atoms with van der Waals surface area (Å²) in [6.07, 6.45) is 0.458. The van der Waals surface area contributed by atoms with E-state index in [9.17, 15) is 4.79 Å². The summed E-state index contributed by atoms with van der Waals surface area (Å²) >= 11 is 6.26. The summed E-state index contributed by atoms with van der Waals surface area (Å²) in [5.41, 5.74) is 1.74. The SMILES string of the molecule is COc1cccc2c1nc(C(C)Cl)n2C1CNC(=O)C1. The number of nitrogens with one attached hydrogen (secondary N) is 1. The summed E-state index contributed by atoms with van der Waals surface area (Å²) in [4.78, 5) is 16.1. The van der Waals surface area contributed by atoms with Crippen LogP contribution in [0.5, 0.6) is 5.75 Å². The summed E-state index contributed by atoms with van der Waals surface area (Å²) in [6.45, 7) is 2.49. The van der Waals surface area contributed by atoms with Gasteiger partial charge in [-0.25, -0.2) is 4.98 Å². The topological polar surface area (TPSA) is 56.1 Å². The maximum Gasteiger partial charge on any atom is 0.222 e. The normalized spacial score (nSPS) is 20.1. The van der Waals surface area contributed by atoms with Crippen LogP contribution >= 0.6 is 11.6 Å². The number of carbonyl (C=O) groups is 1. The number of rotatable bonds is 3. The van der Waals surface area contributed by atoms with Gasteiger partial charge in [0, 0.05) is 13.0 Å². The van der Waals surface area contributed by atoms with E-state index in [4.69, 9.17) is 16.3 Å². The molecule has 1 aliphatic heterocycles. The number of halogens is 1. The van der Waals surface area contributed by atoms with Crippen LogP contribution in [0.15, 0.2) is 18.2 Å². The Bertz CT molecular complexity index is 666. The van der Waals surface area contributed by atoms with Crippen molar-refractivity contribution in [1.82, 2.24) is 14.9 Å². The highest BCUT2D eigenvalue weighted by molar-refractivity contribution is 6.20. The van der Waals surface area contributed by atoms with Crippen LogP contribution in [0, 0.1) is 0 Å². The molecule has 6 heteroatoms. The first kappa shape index (κ1) is 13.2. The Morgan fingerprint density at radius 1 is 1.55 bits per heavy atom. The molecular weight excluding hydrogens is 278 g/mol. The monoisotopic (exact) mass is 293 g/mol. The number of hydrogen-bond acceptors (Lipinski definition) is 3. The number of methoxy groups -OCH3 is 1. The van der Waals surface area contributed by atoms with E-state index in [0.29, 0.717) is 13.0 Å². The third-order valence-electron chi connectivity index (χ3n) is 3.61. The molecule has 0 saturated carbocycles. The lowest BCUT2D eigenvalue weighted by Crippen LogP contribution is -2.17. The number of aromatic nitrogens is 2. The van der Waals surface area contributed by atoms with Gasteiger partial charge in [0.15, 0.2) is 0 Å². The standard InChI is InChI=1S/C14H16ClN3O2/c1-8(15)14-17-13-10(4-3-5-11(13)20-2)18(14)9-6-12(19)16-7-9/h3-5,8-9H,6-7H2,1-2H3,(H,16,19). The molecule has 1 aromatic heterocycles. The van der Waals surface area contributed by atoms with Crippen molar-refractivity contribution in [3.05, 3.63) is 24.0 Å². The van der Waals surface area contributed by atoms with Crippen molar-refractivity contribution in [2.45, 2.75) is 24.8 Å². The second-order valence-electron chi connectivity index (χ2n) is 4.95. The molecule has 2 heterocycles. The van der Waals surface area contributed by atoms with Gasteiger partial charge in [0.1, 0.15) is 17.1 Å². The van der Waals surface area contributed by atoms with E-state index in [1.165, 1.54) is 0 Å². The Kier molecular flexibility index (Phi) is 3.30. The Morgan fingerprint density at radius 2 is 2.35 bits per heavy atom. The van der Waals surface area contributed by atoms with Crippen molar-refractivity contribution < 1.29 is 9.53 Å². The van der Waals surface area contributed by atoms with E-state index in [1.807, 2.05) is 25.1 Å². The van der Waals surface area contributed by atoms with Gasteiger partial charge in [0.2, 0.25) is 5.91 Å². The summed E-state index contributed by atoms with van der Waals surface area (Å²) in [5, 5.41) is 2.62. The molecule has 20 heavy (non-hydrogen) atoms. The second-order valence-corrected chi connectivity index (χ2v) is 5.60. The molecule has 106 valence electrons. The van der Waals surface area contributed by atoms with Crippen LogP contribution in [0.4, 0.5) is 0 Å². The van der Waals surface area contributed by atoms with Crippen LogP contribution in [-0.4, -0.2) is 29.1 Å². The van der Waals surface area contributed by atoms with Crippen molar-refractivity contribution in [2.75, 3.05) is 13.7 Å². The van der Waals surface area contributed by atoms with Crippen LogP contribution in [0.2, 0.25) is 0 Å². The Hall–Kier alpha value is -1.75. The number of alkyl halides is 1. The van der Waals surface area contributed by atoms with E-state index in [-0.39, 0.29) is 17.3 Å². The Balaban J connectivity index is 2.22. The molecule has 1 aromatic carbocycles. The molecule has 0 aliphatic carbocycles. The zero-order valence-corrected chi connectivity index (χ0v) is 12.1. The quantitative estimate of drug-likeness (QED) is 0.884. The van der Waals surface area contributed by atoms with Gasteiger partial charge in [0.05, 0.1) is 24.0 Å². The predicted molar refractivity (Wildman–Crippen MR) is 77.2 cm³/mol. The molecule has 1 aliphatic rings. The Morgan fingerprint density at radius 3 is 2.95 bits per heavy atom. The van der Waals surface area contributed by atoms with Crippen LogP contribution in [0.3, 0.4) is 0 Å². The molecule has 1 amide bonds. The molecule has 2 unspecified atom stereocenters. The van der Waals surface area contributed by atoms with E-state index in [0.717, 1.165) is 22.6 Å². The minimum atomic E-state index is -0.234. The lowest BCUT2D eigenvalue weighted by molar-refractivity contribution is -0.119. The molecule has 1 saturated heterocycles. The maximum absolute atomic E-state index is 11.5. The minimum Gasteiger partial charge on any atom is -0.494 e. The van der Waals surface area contributed by atoms with Gasteiger partial charge in [-0.2, -0.15) is 0 Å². The predicted octanol–water partition coefficient (Wildman–Crippen LogP) is 2.41. The van der Waals surface area contributed by atoms with Gasteiger partial charge in [-0.1, -0.05) is 6.07 Å². The molecule has 0 radical (unpaired) electrons. The smallest absolute Gasteiger partial charge is 0.222 e. The molecular formula is C14H16ClN3O2. The fraction of sp³-hybridized carbons (Fsp3) is 0.429. The molecule has 5 nitrogen and oxygen atoms in total. The maximum atomic E-state index is 11.5. The molecule has 1 fully saturated rings. The second kappa shape index (κ2) is 4.98. The molecule has 2 aromatic rings. The lowest BCUT2D eigenvalue weighted by atomic mass is 10.2. The molecule has 2 atom stereocenters. The summed E-state index contributed by atoms with van der Waals surface area (Å²) in [5.74, 6) is 1.55. The lowest BCUT2D eigenvalue weighted by Gasteiger charge is -2.16. The number of carbonyl (C=O) groups excluding carboxylic acids is 1. The van der Waals surface area contributed by atoms with Gasteiger partial charge in [-0.15, -0.1) is 11.6 Å². The summed E-state index contributed by atoms with van der Waals surface area (Å²) in [6, 6.07) is 5.83. The van der Waals surface area contributed by atoms with E-state index < -0.39 is 0 Å². The number of nitrogens with zero attached hydrogens (tertiary/aromatic N) is 2. The van der Waals surface area contributed by atoms with Gasteiger partial charge in [-0.05, 0) is 19.1 Å². The van der Waals surface area contributed by atoms with Gasteiger partial charge >= 0.3 is 0 Å². The van der Waals surface area contributed by atoms with Crippen LogP contribution in [-0.2, 0) is 4.79 Å². The van der Waals surface area contributed by atoms with Gasteiger partial charge in [0.25, 0.3) is 0 Å². The fourth-order valence-electron chi connectivity index (χ4n) is 2.71. The van der Waals surface area contributed by atoms with Crippen LogP contribution < -0.4 is 10.1 Å². The first-order chi connectivity index (χ1) is 9.61. The largest absolute Gasteiger partial charge is 0.494 e. The zero-order chi connectivity index (χ0) is 14.3. The number of imidazole rings is 1. The van der Waals surface area contributed by atoms with E-state index in [1.54, 1.807) is 7.11 Å². The number of ether oxygens (including phenoxy) is 1. The summed E-state index contributed by atoms with van der Waals surface area (Å²) < 4.78 is 7.42. The zero-order valence-electron chi connectivity index (χ0n) is 11.4. The number of fused-ring (bicyclic) bond motifs is 1. The van der Waals surface area contributed by atoms with Crippen molar-refractivity contribution >= 4 is 28.5 Å². The fourth-order valence-corrected chi connectivity index (χ4v) is 2.86. The number of para-hydroxylation sites is 1. The van der Waals surface area contributed by atoms with Crippen LogP contribution in [0.1, 0.15) is 30.6 Å². The third kappa shape index (κ3) is 2.02. The first-order valence-corrected chi connectivity index (χ1v) is 7.01. The van der Waals surface area contributed by atoms with Crippen molar-refractivity contribution in [3.63, 3.8) is 0 Å². The van der Waals surface area contributed by atoms with Crippen LogP contribution in [0.25, 0.3) is 11.0 Å². The highest BCUT2D eigenvalue weighted by atomic mass is 35.5. The highest BCUT2D eigenvalue weighted by Gasteiger charge is 2.28. The average Bonchev–Trinajstić information content (AvgIpc) is 3.01. The molecule has 1 N–H and O–H groups in total. The van der Waals surface area contributed by atoms with E-state index >= 15 is 0 Å². The molecule has 0 bridgehead atoms. The minimum absolute atomic E-state index is 0.0517. The number of amides is 1. The van der Waals surface area contributed by atoms with Gasteiger partial charge < -0.3 is 14.6 Å². The number of hydrogen-bond donors (Lipinski definition) is 1. The van der Waals surface area contributed by atoms with E-state index in [2.05, 4.69) is 14.9 Å². The molecule has 3 rings (SSSR count). The van der Waals surface area contributed by atoms with Crippen molar-refractivity contribution in [3.8, 4) is 5.75 Å². The Labute approximate surface area is 121 Å². The average molecular weight is 294 g/mol. The first-order valence-electron chi connectivity index (χ1n) is 6.57. The third-order valence-corrected chi connectivity index (χ3v) is 3.80. The van der Waals surface area contributed by atoms with Crippen molar-refractivity contribution in [2.24, 2.45) is 0 Å². The highest BCUT2D eigenvalue weighted by Crippen LogP contribution is 2.34. The van der Waals surface area contributed by atoms with Gasteiger partial charge in [-0.3, -0.25) is 4.79 Å². The van der Waals surface area contributed by atoms with Crippen molar-refractivity contribution in [1.29, 1.82) is 0 Å².